The molecule has 2 aliphatic rings. The van der Waals surface area contributed by atoms with E-state index in [4.69, 9.17) is 0 Å². The number of amides is 1. The largest absolute Gasteiger partial charge is 0.357 e. The second kappa shape index (κ2) is 9.65. The molecule has 1 aromatic heterocycles. The van der Waals surface area contributed by atoms with E-state index in [0.29, 0.717) is 19.0 Å². The first kappa shape index (κ1) is 19.5. The molecule has 2 atom stereocenters. The monoisotopic (exact) mass is 394 g/mol. The van der Waals surface area contributed by atoms with E-state index in [1.807, 2.05) is 16.7 Å². The maximum Gasteiger partial charge on any atom is 0.224 e. The molecule has 1 aliphatic heterocycles. The smallest absolute Gasteiger partial charge is 0.224 e. The van der Waals surface area contributed by atoms with Gasteiger partial charge in [-0.2, -0.15) is 11.8 Å². The van der Waals surface area contributed by atoms with Gasteiger partial charge in [-0.05, 0) is 55.9 Å². The Morgan fingerprint density at radius 1 is 1.46 bits per heavy atom. The highest BCUT2D eigenvalue weighted by molar-refractivity contribution is 7.99. The van der Waals surface area contributed by atoms with Gasteiger partial charge in [-0.25, -0.2) is 0 Å². The fraction of sp³-hybridized carbons (Fsp3) is 0.684. The SMILES string of the molecule is CCNC(=NCCC(=O)N1CCc2sccc2C1)NC1CCC(SC)C1. The van der Waals surface area contributed by atoms with Gasteiger partial charge >= 0.3 is 0 Å². The molecule has 0 aromatic carbocycles. The minimum Gasteiger partial charge on any atom is -0.357 e. The van der Waals surface area contributed by atoms with Gasteiger partial charge in [-0.15, -0.1) is 11.3 Å². The Morgan fingerprint density at radius 3 is 3.12 bits per heavy atom. The average molecular weight is 395 g/mol. The highest BCUT2D eigenvalue weighted by Gasteiger charge is 2.24. The summed E-state index contributed by atoms with van der Waals surface area (Å²) < 4.78 is 0. The second-order valence-corrected chi connectivity index (χ2v) is 9.10. The molecule has 0 bridgehead atoms. The van der Waals surface area contributed by atoms with Crippen molar-refractivity contribution in [1.29, 1.82) is 0 Å². The minimum absolute atomic E-state index is 0.213. The van der Waals surface area contributed by atoms with Crippen LogP contribution in [0.5, 0.6) is 0 Å². The molecule has 1 amide bonds. The van der Waals surface area contributed by atoms with Crippen LogP contribution >= 0.6 is 23.1 Å². The molecule has 1 saturated carbocycles. The molecule has 5 nitrogen and oxygen atoms in total. The number of hydrogen-bond acceptors (Lipinski definition) is 4. The highest BCUT2D eigenvalue weighted by Crippen LogP contribution is 2.28. The molecule has 144 valence electrons. The van der Waals surface area contributed by atoms with E-state index in [1.54, 1.807) is 11.3 Å². The Hall–Kier alpha value is -1.21. The van der Waals surface area contributed by atoms with E-state index in [9.17, 15) is 4.79 Å². The summed E-state index contributed by atoms with van der Waals surface area (Å²) in [6, 6.07) is 2.65. The van der Waals surface area contributed by atoms with E-state index in [0.717, 1.165) is 37.3 Å². The van der Waals surface area contributed by atoms with Crippen molar-refractivity contribution in [3.63, 3.8) is 0 Å². The van der Waals surface area contributed by atoms with E-state index in [1.165, 1.54) is 29.7 Å². The van der Waals surface area contributed by atoms with Crippen LogP contribution in [-0.4, -0.2) is 53.9 Å². The minimum atomic E-state index is 0.213. The third-order valence-corrected chi connectivity index (χ3v) is 7.28. The number of fused-ring (bicyclic) bond motifs is 1. The first-order valence-corrected chi connectivity index (χ1v) is 11.8. The molecule has 1 aliphatic carbocycles. The van der Waals surface area contributed by atoms with Gasteiger partial charge in [0.25, 0.3) is 0 Å². The van der Waals surface area contributed by atoms with Crippen molar-refractivity contribution in [1.82, 2.24) is 15.5 Å². The topological polar surface area (TPSA) is 56.7 Å². The normalized spacial score (nSPS) is 23.0. The maximum absolute atomic E-state index is 12.5. The lowest BCUT2D eigenvalue weighted by Gasteiger charge is -2.27. The number of nitrogens with one attached hydrogen (secondary N) is 2. The summed E-state index contributed by atoms with van der Waals surface area (Å²) in [4.78, 5) is 20.6. The van der Waals surface area contributed by atoms with E-state index in [2.05, 4.69) is 40.3 Å². The fourth-order valence-electron chi connectivity index (χ4n) is 3.68. The Bertz CT molecular complexity index is 631. The maximum atomic E-state index is 12.5. The van der Waals surface area contributed by atoms with Crippen molar-refractivity contribution < 1.29 is 4.79 Å². The lowest BCUT2D eigenvalue weighted by molar-refractivity contribution is -0.131. The molecule has 26 heavy (non-hydrogen) atoms. The van der Waals surface area contributed by atoms with Crippen LogP contribution in [-0.2, 0) is 17.8 Å². The molecule has 2 heterocycles. The van der Waals surface area contributed by atoms with Crippen LogP contribution in [0.1, 0.15) is 43.0 Å². The number of carbonyl (C=O) groups excluding carboxylic acids is 1. The van der Waals surface area contributed by atoms with Crippen LogP contribution in [0.3, 0.4) is 0 Å². The quantitative estimate of drug-likeness (QED) is 0.575. The second-order valence-electron chi connectivity index (χ2n) is 6.96. The van der Waals surface area contributed by atoms with E-state index < -0.39 is 0 Å². The lowest BCUT2D eigenvalue weighted by atomic mass is 10.1. The van der Waals surface area contributed by atoms with Gasteiger partial charge in [0.15, 0.2) is 5.96 Å². The number of guanidine groups is 1. The molecular formula is C19H30N4OS2. The molecule has 3 rings (SSSR count). The van der Waals surface area contributed by atoms with Gasteiger partial charge in [0.05, 0.1) is 6.54 Å². The summed E-state index contributed by atoms with van der Waals surface area (Å²) in [6.07, 6.45) is 7.33. The van der Waals surface area contributed by atoms with Crippen LogP contribution in [0.2, 0.25) is 0 Å². The lowest BCUT2D eigenvalue weighted by Crippen LogP contribution is -2.43. The summed E-state index contributed by atoms with van der Waals surface area (Å²) in [6.45, 7) is 5.06. The molecular weight excluding hydrogens is 364 g/mol. The first-order chi connectivity index (χ1) is 12.7. The number of aliphatic imine (C=N–C) groups is 1. The van der Waals surface area contributed by atoms with Gasteiger partial charge in [-0.1, -0.05) is 0 Å². The molecule has 1 fully saturated rings. The van der Waals surface area contributed by atoms with Crippen molar-refractivity contribution >= 4 is 35.0 Å². The van der Waals surface area contributed by atoms with Crippen molar-refractivity contribution in [2.75, 3.05) is 25.9 Å². The van der Waals surface area contributed by atoms with Gasteiger partial charge in [0, 0.05) is 42.2 Å². The number of thioether (sulfide) groups is 1. The zero-order chi connectivity index (χ0) is 18.4. The number of hydrogen-bond donors (Lipinski definition) is 2. The molecule has 2 unspecified atom stereocenters. The van der Waals surface area contributed by atoms with E-state index >= 15 is 0 Å². The Labute approximate surface area is 165 Å². The molecule has 0 radical (unpaired) electrons. The average Bonchev–Trinajstić information content (AvgIpc) is 3.29. The summed E-state index contributed by atoms with van der Waals surface area (Å²) in [5.74, 6) is 1.07. The van der Waals surface area contributed by atoms with Crippen molar-refractivity contribution in [3.8, 4) is 0 Å². The van der Waals surface area contributed by atoms with Crippen molar-refractivity contribution in [2.45, 2.75) is 56.9 Å². The van der Waals surface area contributed by atoms with Gasteiger partial charge in [-0.3, -0.25) is 9.79 Å². The third-order valence-electron chi connectivity index (χ3n) is 5.16. The fourth-order valence-corrected chi connectivity index (χ4v) is 5.37. The number of rotatable bonds is 6. The van der Waals surface area contributed by atoms with E-state index in [-0.39, 0.29) is 5.91 Å². The van der Waals surface area contributed by atoms with Crippen molar-refractivity contribution in [2.24, 2.45) is 4.99 Å². The number of carbonyl (C=O) groups is 1. The number of nitrogens with zero attached hydrogens (tertiary/aromatic N) is 2. The Balaban J connectivity index is 1.46. The third kappa shape index (κ3) is 5.16. The summed E-state index contributed by atoms with van der Waals surface area (Å²) >= 11 is 3.77. The molecule has 0 spiro atoms. The summed E-state index contributed by atoms with van der Waals surface area (Å²) in [7, 11) is 0. The van der Waals surface area contributed by atoms with Gasteiger partial charge < -0.3 is 15.5 Å². The number of thiophene rings is 1. The Morgan fingerprint density at radius 2 is 2.35 bits per heavy atom. The summed E-state index contributed by atoms with van der Waals surface area (Å²) in [5, 5.41) is 9.75. The van der Waals surface area contributed by atoms with Crippen LogP contribution in [0.15, 0.2) is 16.4 Å². The molecule has 0 saturated heterocycles. The predicted molar refractivity (Wildman–Crippen MR) is 112 cm³/mol. The molecule has 7 heteroatoms. The van der Waals surface area contributed by atoms with Crippen LogP contribution < -0.4 is 10.6 Å². The standard InChI is InChI=1S/C19H30N4OS2/c1-3-20-19(22-15-4-5-16(12-15)25-2)21-9-6-18(24)23-10-7-17-14(13-23)8-11-26-17/h8,11,15-16H,3-7,9-10,12-13H2,1-2H3,(H2,20,21,22). The predicted octanol–water partition coefficient (Wildman–Crippen LogP) is 2.86. The first-order valence-electron chi connectivity index (χ1n) is 9.60. The zero-order valence-corrected chi connectivity index (χ0v) is 17.4. The summed E-state index contributed by atoms with van der Waals surface area (Å²) in [5.41, 5.74) is 1.32. The van der Waals surface area contributed by atoms with Crippen LogP contribution in [0.25, 0.3) is 0 Å². The van der Waals surface area contributed by atoms with Crippen LogP contribution in [0, 0.1) is 0 Å². The molecule has 2 N–H and O–H groups in total. The van der Waals surface area contributed by atoms with Crippen LogP contribution in [0.4, 0.5) is 0 Å². The van der Waals surface area contributed by atoms with Gasteiger partial charge in [0.2, 0.25) is 5.91 Å². The Kier molecular flexibility index (Phi) is 7.25. The van der Waals surface area contributed by atoms with Gasteiger partial charge in [0.1, 0.15) is 0 Å². The highest BCUT2D eigenvalue weighted by atomic mass is 32.2. The molecule has 1 aromatic rings. The zero-order valence-electron chi connectivity index (χ0n) is 15.8. The van der Waals surface area contributed by atoms with Crippen molar-refractivity contribution in [3.05, 3.63) is 21.9 Å².